The number of alkyl carbamates (subject to hydrolysis) is 1. The highest BCUT2D eigenvalue weighted by molar-refractivity contribution is 6.00. The van der Waals surface area contributed by atoms with Gasteiger partial charge in [0.05, 0.1) is 11.3 Å². The van der Waals surface area contributed by atoms with E-state index in [-0.39, 0.29) is 23.8 Å². The first-order chi connectivity index (χ1) is 16.2. The van der Waals surface area contributed by atoms with Gasteiger partial charge in [0.2, 0.25) is 5.91 Å². The van der Waals surface area contributed by atoms with Crippen molar-refractivity contribution < 1.29 is 28.6 Å². The average Bonchev–Trinajstić information content (AvgIpc) is 3.12. The Hall–Kier alpha value is -4.20. The van der Waals surface area contributed by atoms with Gasteiger partial charge in [-0.2, -0.15) is 0 Å². The Morgan fingerprint density at radius 2 is 1.56 bits per heavy atom. The van der Waals surface area contributed by atoms with Crippen molar-refractivity contribution in [3.63, 3.8) is 0 Å². The summed E-state index contributed by atoms with van der Waals surface area (Å²) in [6.45, 7) is 2.94. The third-order valence-electron chi connectivity index (χ3n) is 5.79. The summed E-state index contributed by atoms with van der Waals surface area (Å²) in [5.74, 6) is -2.92. The predicted molar refractivity (Wildman–Crippen MR) is 124 cm³/mol. The van der Waals surface area contributed by atoms with Crippen molar-refractivity contribution >= 4 is 23.7 Å². The maximum Gasteiger partial charge on any atom is 0.408 e. The molecule has 8 heteroatoms. The van der Waals surface area contributed by atoms with Crippen LogP contribution in [0.5, 0.6) is 0 Å². The minimum atomic E-state index is -1.46. The van der Waals surface area contributed by atoms with Crippen LogP contribution in [0.1, 0.15) is 41.3 Å². The number of benzene rings is 3. The largest absolute Gasteiger partial charge is 0.478 e. The highest BCUT2D eigenvalue weighted by Gasteiger charge is 2.33. The molecule has 0 aliphatic heterocycles. The molecule has 34 heavy (non-hydrogen) atoms. The van der Waals surface area contributed by atoms with E-state index in [1.807, 2.05) is 48.5 Å². The molecule has 0 spiro atoms. The molecule has 7 nitrogen and oxygen atoms in total. The summed E-state index contributed by atoms with van der Waals surface area (Å²) in [5, 5.41) is 13.9. The van der Waals surface area contributed by atoms with Crippen LogP contribution in [0.2, 0.25) is 0 Å². The Balaban J connectivity index is 1.42. The van der Waals surface area contributed by atoms with Gasteiger partial charge < -0.3 is 20.5 Å². The van der Waals surface area contributed by atoms with Gasteiger partial charge in [-0.15, -0.1) is 0 Å². The number of nitrogens with one attached hydrogen (secondary N) is 2. The van der Waals surface area contributed by atoms with Gasteiger partial charge in [-0.25, -0.2) is 14.0 Å². The SMILES string of the molecule is CC(C)(NC(=O)OCC1c2ccccc2-c2ccccc21)C(=O)Nc1cc(C(=O)O)ccc1F. The summed E-state index contributed by atoms with van der Waals surface area (Å²) >= 11 is 0. The standard InChI is InChI=1S/C26H23FN2O5/c1-26(2,24(32)28-22-13-15(23(30)31)11-12-21(22)27)29-25(33)34-14-20-18-9-5-3-7-16(18)17-8-4-6-10-19(17)20/h3-13,20H,14H2,1-2H3,(H,28,32)(H,29,33)(H,30,31). The van der Waals surface area contributed by atoms with Crippen molar-refractivity contribution in [2.24, 2.45) is 0 Å². The van der Waals surface area contributed by atoms with Crippen molar-refractivity contribution in [3.05, 3.63) is 89.2 Å². The second-order valence-corrected chi connectivity index (χ2v) is 8.53. The van der Waals surface area contributed by atoms with Crippen LogP contribution in [0.3, 0.4) is 0 Å². The third kappa shape index (κ3) is 4.47. The molecule has 3 aromatic carbocycles. The van der Waals surface area contributed by atoms with Crippen LogP contribution >= 0.6 is 0 Å². The smallest absolute Gasteiger partial charge is 0.408 e. The molecule has 3 N–H and O–H groups in total. The summed E-state index contributed by atoms with van der Waals surface area (Å²) in [4.78, 5) is 36.4. The van der Waals surface area contributed by atoms with E-state index in [4.69, 9.17) is 9.84 Å². The maximum atomic E-state index is 14.1. The Bertz CT molecular complexity index is 1240. The van der Waals surface area contributed by atoms with Gasteiger partial charge in [-0.3, -0.25) is 4.79 Å². The number of carbonyl (C=O) groups excluding carboxylic acids is 2. The van der Waals surface area contributed by atoms with Crippen LogP contribution < -0.4 is 10.6 Å². The van der Waals surface area contributed by atoms with E-state index in [1.54, 1.807) is 0 Å². The zero-order valence-electron chi connectivity index (χ0n) is 18.6. The molecule has 0 radical (unpaired) electrons. The number of amides is 2. The summed E-state index contributed by atoms with van der Waals surface area (Å²) in [6.07, 6.45) is -0.804. The van der Waals surface area contributed by atoms with Crippen LogP contribution in [-0.4, -0.2) is 35.2 Å². The molecular formula is C26H23FN2O5. The number of ether oxygens (including phenoxy) is 1. The molecule has 1 aliphatic rings. The van der Waals surface area contributed by atoms with E-state index >= 15 is 0 Å². The van der Waals surface area contributed by atoms with Crippen LogP contribution in [0, 0.1) is 5.82 Å². The van der Waals surface area contributed by atoms with E-state index in [1.165, 1.54) is 13.8 Å². The lowest BCUT2D eigenvalue weighted by Crippen LogP contribution is -2.52. The van der Waals surface area contributed by atoms with Gasteiger partial charge >= 0.3 is 12.1 Å². The minimum Gasteiger partial charge on any atom is -0.478 e. The Labute approximate surface area is 195 Å². The molecule has 0 bridgehead atoms. The number of rotatable bonds is 6. The van der Waals surface area contributed by atoms with Crippen molar-refractivity contribution in [1.29, 1.82) is 0 Å². The minimum absolute atomic E-state index is 0.0762. The summed E-state index contributed by atoms with van der Waals surface area (Å²) in [5.41, 5.74) is 2.36. The van der Waals surface area contributed by atoms with Crippen LogP contribution in [-0.2, 0) is 9.53 Å². The normalized spacial score (nSPS) is 12.4. The van der Waals surface area contributed by atoms with E-state index in [9.17, 15) is 18.8 Å². The fourth-order valence-electron chi connectivity index (χ4n) is 3.98. The molecule has 0 saturated heterocycles. The lowest BCUT2D eigenvalue weighted by molar-refractivity contribution is -0.121. The Morgan fingerprint density at radius 3 is 2.15 bits per heavy atom. The van der Waals surface area contributed by atoms with Crippen molar-refractivity contribution in [1.82, 2.24) is 5.32 Å². The number of carboxylic acids is 1. The molecule has 0 fully saturated rings. The monoisotopic (exact) mass is 462 g/mol. The highest BCUT2D eigenvalue weighted by atomic mass is 19.1. The molecule has 0 unspecified atom stereocenters. The lowest BCUT2D eigenvalue weighted by atomic mass is 9.98. The zero-order valence-corrected chi connectivity index (χ0v) is 18.6. The maximum absolute atomic E-state index is 14.1. The van der Waals surface area contributed by atoms with Gasteiger partial charge in [-0.05, 0) is 54.3 Å². The lowest BCUT2D eigenvalue weighted by Gasteiger charge is -2.25. The van der Waals surface area contributed by atoms with Crippen molar-refractivity contribution in [3.8, 4) is 11.1 Å². The number of fused-ring (bicyclic) bond motifs is 3. The zero-order chi connectivity index (χ0) is 24.5. The Kier molecular flexibility index (Phi) is 6.06. The van der Waals surface area contributed by atoms with Gasteiger partial charge in [0.1, 0.15) is 18.0 Å². The van der Waals surface area contributed by atoms with Gasteiger partial charge in [0, 0.05) is 5.92 Å². The van der Waals surface area contributed by atoms with Gasteiger partial charge in [0.15, 0.2) is 0 Å². The number of carboxylic acid groups (broad SMARTS) is 1. The summed E-state index contributed by atoms with van der Waals surface area (Å²) in [7, 11) is 0. The number of carbonyl (C=O) groups is 3. The molecular weight excluding hydrogens is 439 g/mol. The summed E-state index contributed by atoms with van der Waals surface area (Å²) < 4.78 is 19.5. The van der Waals surface area contributed by atoms with E-state index in [2.05, 4.69) is 10.6 Å². The topological polar surface area (TPSA) is 105 Å². The highest BCUT2D eigenvalue weighted by Crippen LogP contribution is 2.44. The third-order valence-corrected chi connectivity index (χ3v) is 5.79. The van der Waals surface area contributed by atoms with Crippen LogP contribution in [0.25, 0.3) is 11.1 Å². The van der Waals surface area contributed by atoms with Gasteiger partial charge in [0.25, 0.3) is 0 Å². The molecule has 0 atom stereocenters. The molecule has 0 aromatic heterocycles. The van der Waals surface area contributed by atoms with E-state index < -0.39 is 29.3 Å². The molecule has 0 saturated carbocycles. The van der Waals surface area contributed by atoms with E-state index in [0.717, 1.165) is 40.5 Å². The molecule has 174 valence electrons. The van der Waals surface area contributed by atoms with Gasteiger partial charge in [-0.1, -0.05) is 48.5 Å². The predicted octanol–water partition coefficient (Wildman–Crippen LogP) is 4.78. The number of hydrogen-bond donors (Lipinski definition) is 3. The number of halogens is 1. The first-order valence-electron chi connectivity index (χ1n) is 10.6. The fraction of sp³-hybridized carbons (Fsp3) is 0.192. The molecule has 0 heterocycles. The van der Waals surface area contributed by atoms with Crippen LogP contribution in [0.4, 0.5) is 14.9 Å². The average molecular weight is 462 g/mol. The first-order valence-corrected chi connectivity index (χ1v) is 10.6. The first kappa shape index (κ1) is 23.0. The molecule has 4 rings (SSSR count). The van der Waals surface area contributed by atoms with E-state index in [0.29, 0.717) is 0 Å². The second-order valence-electron chi connectivity index (χ2n) is 8.53. The summed E-state index contributed by atoms with van der Waals surface area (Å²) in [6, 6.07) is 18.9. The van der Waals surface area contributed by atoms with Crippen molar-refractivity contribution in [2.45, 2.75) is 25.3 Å². The number of anilines is 1. The van der Waals surface area contributed by atoms with Crippen LogP contribution in [0.15, 0.2) is 66.7 Å². The Morgan fingerprint density at radius 1 is 0.971 bits per heavy atom. The fourth-order valence-corrected chi connectivity index (χ4v) is 3.98. The number of hydrogen-bond acceptors (Lipinski definition) is 4. The quantitative estimate of drug-likeness (QED) is 0.489. The molecule has 2 amide bonds. The molecule has 1 aliphatic carbocycles. The molecule has 3 aromatic rings. The second kappa shape index (κ2) is 8.97. The number of aromatic carboxylic acids is 1. The van der Waals surface area contributed by atoms with Crippen molar-refractivity contribution in [2.75, 3.05) is 11.9 Å².